The molecule has 0 aliphatic rings. The molecule has 2 heterocycles. The highest BCUT2D eigenvalue weighted by atomic mass is 19.1. The lowest BCUT2D eigenvalue weighted by Gasteiger charge is -2.11. The Hall–Kier alpha value is -3.94. The molecule has 0 radical (unpaired) electrons. The highest BCUT2D eigenvalue weighted by molar-refractivity contribution is 6.05. The van der Waals surface area contributed by atoms with E-state index in [1.165, 1.54) is 6.07 Å². The van der Waals surface area contributed by atoms with E-state index < -0.39 is 5.76 Å². The van der Waals surface area contributed by atoms with Crippen LogP contribution in [0, 0.1) is 19.7 Å². The lowest BCUT2D eigenvalue weighted by atomic mass is 10.2. The minimum absolute atomic E-state index is 0.303. The zero-order chi connectivity index (χ0) is 20.5. The molecule has 0 bridgehead atoms. The van der Waals surface area contributed by atoms with E-state index in [1.807, 2.05) is 6.92 Å². The van der Waals surface area contributed by atoms with E-state index in [0.717, 1.165) is 5.69 Å². The van der Waals surface area contributed by atoms with Crippen LogP contribution in [0.3, 0.4) is 0 Å². The molecular weight excluding hydrogens is 375 g/mol. The number of amides is 1. The first-order chi connectivity index (χ1) is 13.9. The molecule has 0 spiro atoms. The van der Waals surface area contributed by atoms with Gasteiger partial charge in [0.15, 0.2) is 5.82 Å². The van der Waals surface area contributed by atoms with Crippen LogP contribution < -0.4 is 11.1 Å². The molecule has 0 saturated carbocycles. The summed E-state index contributed by atoms with van der Waals surface area (Å²) < 4.78 is 20.4. The fraction of sp³-hybridized carbons (Fsp3) is 0.0952. The minimum Gasteiger partial charge on any atom is -0.322 e. The molecule has 2 aromatic carbocycles. The van der Waals surface area contributed by atoms with Gasteiger partial charge in [0.2, 0.25) is 0 Å². The molecule has 29 heavy (non-hydrogen) atoms. The summed E-state index contributed by atoms with van der Waals surface area (Å²) >= 11 is 0. The Labute approximate surface area is 164 Å². The summed E-state index contributed by atoms with van der Waals surface area (Å²) in [5, 5.41) is 6.45. The van der Waals surface area contributed by atoms with Gasteiger partial charge in [0.05, 0.1) is 11.3 Å². The van der Waals surface area contributed by atoms with Crippen molar-refractivity contribution in [2.24, 2.45) is 0 Å². The maximum Gasteiger partial charge on any atom is 0.439 e. The van der Waals surface area contributed by atoms with E-state index in [0.29, 0.717) is 34.0 Å². The minimum atomic E-state index is -0.636. The molecule has 1 amide bonds. The highest BCUT2D eigenvalue weighted by Gasteiger charge is 2.18. The Morgan fingerprint density at radius 3 is 2.52 bits per heavy atom. The number of para-hydroxylation sites is 1. The first-order valence-electron chi connectivity index (χ1n) is 8.85. The number of carbonyl (C=O) groups excluding carboxylic acids is 1. The number of aromatic amines is 1. The SMILES string of the molecule is Cc1cc(C(=O)Nc2ccc(-c3noc(=O)[nH]3)cc2)c(C)n1-c1ccccc1F. The Bertz CT molecular complexity index is 1250. The van der Waals surface area contributed by atoms with Crippen molar-refractivity contribution in [2.75, 3.05) is 5.32 Å². The average molecular weight is 392 g/mol. The van der Waals surface area contributed by atoms with Crippen LogP contribution in [0.25, 0.3) is 17.1 Å². The van der Waals surface area contributed by atoms with Gasteiger partial charge >= 0.3 is 5.76 Å². The summed E-state index contributed by atoms with van der Waals surface area (Å²) in [6.45, 7) is 3.60. The summed E-state index contributed by atoms with van der Waals surface area (Å²) in [6, 6.07) is 14.9. The largest absolute Gasteiger partial charge is 0.439 e. The number of aryl methyl sites for hydroxylation is 1. The molecule has 0 aliphatic heterocycles. The van der Waals surface area contributed by atoms with Crippen molar-refractivity contribution in [3.8, 4) is 17.1 Å². The van der Waals surface area contributed by atoms with Gasteiger partial charge in [0.1, 0.15) is 5.82 Å². The van der Waals surface area contributed by atoms with Crippen molar-refractivity contribution in [1.29, 1.82) is 0 Å². The summed E-state index contributed by atoms with van der Waals surface area (Å²) in [4.78, 5) is 26.3. The summed E-state index contributed by atoms with van der Waals surface area (Å²) in [6.07, 6.45) is 0. The second-order valence-corrected chi connectivity index (χ2v) is 6.55. The van der Waals surface area contributed by atoms with E-state index in [2.05, 4.69) is 20.0 Å². The van der Waals surface area contributed by atoms with Crippen LogP contribution in [-0.4, -0.2) is 20.6 Å². The molecule has 8 heteroatoms. The van der Waals surface area contributed by atoms with Gasteiger partial charge in [-0.25, -0.2) is 9.18 Å². The molecule has 2 N–H and O–H groups in total. The first-order valence-corrected chi connectivity index (χ1v) is 8.85. The van der Waals surface area contributed by atoms with Gasteiger partial charge in [-0.15, -0.1) is 0 Å². The van der Waals surface area contributed by atoms with Crippen molar-refractivity contribution < 1.29 is 13.7 Å². The average Bonchev–Trinajstić information content (AvgIpc) is 3.26. The van der Waals surface area contributed by atoms with Crippen molar-refractivity contribution >= 4 is 11.6 Å². The highest BCUT2D eigenvalue weighted by Crippen LogP contribution is 2.24. The Morgan fingerprint density at radius 2 is 1.86 bits per heavy atom. The fourth-order valence-corrected chi connectivity index (χ4v) is 3.26. The maximum absolute atomic E-state index is 14.2. The second kappa shape index (κ2) is 7.23. The van der Waals surface area contributed by atoms with Gasteiger partial charge in [-0.1, -0.05) is 17.3 Å². The van der Waals surface area contributed by atoms with Crippen molar-refractivity contribution in [3.05, 3.63) is 87.9 Å². The van der Waals surface area contributed by atoms with E-state index in [4.69, 9.17) is 0 Å². The molecular formula is C21H17FN4O3. The standard InChI is InChI=1S/C21H17FN4O3/c1-12-11-16(13(2)26(12)18-6-4-3-5-17(18)22)20(27)23-15-9-7-14(8-10-15)19-24-21(28)29-25-19/h3-11H,1-2H3,(H,23,27)(H,24,25,28). The Balaban J connectivity index is 1.59. The zero-order valence-electron chi connectivity index (χ0n) is 15.7. The summed E-state index contributed by atoms with van der Waals surface area (Å²) in [5.74, 6) is -0.991. The lowest BCUT2D eigenvalue weighted by Crippen LogP contribution is -2.13. The van der Waals surface area contributed by atoms with Crippen molar-refractivity contribution in [3.63, 3.8) is 0 Å². The molecule has 0 atom stereocenters. The quantitative estimate of drug-likeness (QED) is 0.552. The van der Waals surface area contributed by atoms with Gasteiger partial charge in [0.25, 0.3) is 5.91 Å². The summed E-state index contributed by atoms with van der Waals surface area (Å²) in [5.41, 5.74) is 3.46. The Kier molecular flexibility index (Phi) is 4.59. The smallest absolute Gasteiger partial charge is 0.322 e. The monoisotopic (exact) mass is 392 g/mol. The number of hydrogen-bond acceptors (Lipinski definition) is 4. The van der Waals surface area contributed by atoms with Crippen LogP contribution >= 0.6 is 0 Å². The van der Waals surface area contributed by atoms with Gasteiger partial charge in [-0.3, -0.25) is 14.3 Å². The third-order valence-electron chi connectivity index (χ3n) is 4.63. The van der Waals surface area contributed by atoms with Crippen LogP contribution in [0.1, 0.15) is 21.7 Å². The zero-order valence-corrected chi connectivity index (χ0v) is 15.7. The van der Waals surface area contributed by atoms with Crippen molar-refractivity contribution in [1.82, 2.24) is 14.7 Å². The van der Waals surface area contributed by atoms with Gasteiger partial charge < -0.3 is 9.88 Å². The first kappa shape index (κ1) is 18.4. The number of halogens is 1. The van der Waals surface area contributed by atoms with E-state index in [1.54, 1.807) is 60.0 Å². The van der Waals surface area contributed by atoms with E-state index in [9.17, 15) is 14.0 Å². The maximum atomic E-state index is 14.2. The molecule has 2 aromatic heterocycles. The number of carbonyl (C=O) groups is 1. The number of anilines is 1. The van der Waals surface area contributed by atoms with E-state index in [-0.39, 0.29) is 11.7 Å². The van der Waals surface area contributed by atoms with Gasteiger partial charge in [-0.2, -0.15) is 0 Å². The molecule has 0 saturated heterocycles. The van der Waals surface area contributed by atoms with E-state index >= 15 is 0 Å². The number of nitrogens with zero attached hydrogens (tertiary/aromatic N) is 2. The van der Waals surface area contributed by atoms with Gasteiger partial charge in [0, 0.05) is 22.6 Å². The number of aromatic nitrogens is 3. The van der Waals surface area contributed by atoms with Crippen LogP contribution in [0.15, 0.2) is 63.9 Å². The molecule has 146 valence electrons. The third kappa shape index (κ3) is 3.47. The van der Waals surface area contributed by atoms with Crippen LogP contribution in [-0.2, 0) is 0 Å². The second-order valence-electron chi connectivity index (χ2n) is 6.55. The normalized spacial score (nSPS) is 10.9. The predicted molar refractivity (Wildman–Crippen MR) is 106 cm³/mol. The van der Waals surface area contributed by atoms with Crippen LogP contribution in [0.2, 0.25) is 0 Å². The molecule has 4 rings (SSSR count). The molecule has 0 fully saturated rings. The lowest BCUT2D eigenvalue weighted by molar-refractivity contribution is 0.102. The number of benzene rings is 2. The molecule has 7 nitrogen and oxygen atoms in total. The molecule has 0 aliphatic carbocycles. The predicted octanol–water partition coefficient (Wildman–Crippen LogP) is 3.83. The number of H-pyrrole nitrogens is 1. The van der Waals surface area contributed by atoms with Gasteiger partial charge in [-0.05, 0) is 56.3 Å². The molecule has 4 aromatic rings. The fourth-order valence-electron chi connectivity index (χ4n) is 3.26. The summed E-state index contributed by atoms with van der Waals surface area (Å²) in [7, 11) is 0. The van der Waals surface area contributed by atoms with Crippen LogP contribution in [0.5, 0.6) is 0 Å². The van der Waals surface area contributed by atoms with Crippen LogP contribution in [0.4, 0.5) is 10.1 Å². The Morgan fingerprint density at radius 1 is 1.14 bits per heavy atom. The number of hydrogen-bond donors (Lipinski definition) is 2. The third-order valence-corrected chi connectivity index (χ3v) is 4.63. The molecule has 0 unspecified atom stereocenters. The number of rotatable bonds is 4. The topological polar surface area (TPSA) is 92.9 Å². The number of nitrogens with one attached hydrogen (secondary N) is 2. The van der Waals surface area contributed by atoms with Crippen molar-refractivity contribution in [2.45, 2.75) is 13.8 Å².